The molecule has 0 saturated carbocycles. The van der Waals surface area contributed by atoms with E-state index < -0.39 is 29.7 Å². The number of nitrogen functional groups attached to an aromatic ring is 1. The molecule has 4 unspecified atom stereocenters. The number of nitrogens with two attached hydrogens (primary N) is 1. The van der Waals surface area contributed by atoms with E-state index in [4.69, 9.17) is 20.4 Å². The fourth-order valence-electron chi connectivity index (χ4n) is 7.62. The van der Waals surface area contributed by atoms with Gasteiger partial charge in [-0.2, -0.15) is 15.2 Å². The Balaban J connectivity index is 1.34. The number of hydrogen-bond donors (Lipinski definition) is 1. The van der Waals surface area contributed by atoms with Crippen molar-refractivity contribution in [3.8, 4) is 23.2 Å². The van der Waals surface area contributed by atoms with Crippen LogP contribution in [0.2, 0.25) is 0 Å². The Kier molecular flexibility index (Phi) is 7.96. The van der Waals surface area contributed by atoms with Gasteiger partial charge in [0.05, 0.1) is 33.9 Å². The number of rotatable bonds is 8. The normalized spacial score (nSPS) is 24.1. The summed E-state index contributed by atoms with van der Waals surface area (Å²) in [6.07, 6.45) is 1.07. The SMILES string of the molecule is C=CC(=O)N1CC(F)C(N(CC)c2nc(OCC34CCCN3CC(F)C4)nc3cc(-c4ccc(F)c5sc(N)c(C#N)c45)ccc23)C1. The fourth-order valence-corrected chi connectivity index (χ4v) is 8.57. The van der Waals surface area contributed by atoms with Crippen LogP contribution in [-0.4, -0.2) is 88.9 Å². The third-order valence-corrected chi connectivity index (χ3v) is 10.9. The number of alkyl halides is 2. The van der Waals surface area contributed by atoms with Gasteiger partial charge in [0.25, 0.3) is 0 Å². The summed E-state index contributed by atoms with van der Waals surface area (Å²) >= 11 is 1.03. The molecule has 9 nitrogen and oxygen atoms in total. The van der Waals surface area contributed by atoms with Crippen LogP contribution in [0.4, 0.5) is 24.0 Å². The quantitative estimate of drug-likeness (QED) is 0.242. The van der Waals surface area contributed by atoms with Crippen LogP contribution in [0, 0.1) is 17.1 Å². The number of likely N-dealkylation sites (N-methyl/N-ethyl adjacent to an activating group) is 1. The van der Waals surface area contributed by atoms with Crippen molar-refractivity contribution < 1.29 is 22.7 Å². The number of hydrogen-bond acceptors (Lipinski definition) is 9. The molecular formula is C34H34F3N7O2S. The maximum Gasteiger partial charge on any atom is 0.319 e. The second-order valence-electron chi connectivity index (χ2n) is 12.5. The fraction of sp³-hybridized carbons (Fsp3) is 0.412. The molecule has 244 valence electrons. The first-order chi connectivity index (χ1) is 22.7. The molecule has 0 aliphatic carbocycles. The molecule has 4 aromatic rings. The summed E-state index contributed by atoms with van der Waals surface area (Å²) in [6.45, 7) is 7.31. The third-order valence-electron chi connectivity index (χ3n) is 9.85. The molecule has 3 fully saturated rings. The predicted molar refractivity (Wildman–Crippen MR) is 176 cm³/mol. The summed E-state index contributed by atoms with van der Waals surface area (Å²) in [5.74, 6) is -0.366. The van der Waals surface area contributed by atoms with Gasteiger partial charge in [0.15, 0.2) is 0 Å². The molecule has 13 heteroatoms. The molecule has 3 saturated heterocycles. The number of carbonyl (C=O) groups excluding carboxylic acids is 1. The van der Waals surface area contributed by atoms with Gasteiger partial charge in [-0.15, -0.1) is 11.3 Å². The molecule has 2 aromatic carbocycles. The maximum absolute atomic E-state index is 15.6. The molecular weight excluding hydrogens is 627 g/mol. The van der Waals surface area contributed by atoms with Gasteiger partial charge in [-0.25, -0.2) is 13.2 Å². The average molecular weight is 662 g/mol. The lowest BCUT2D eigenvalue weighted by Crippen LogP contribution is -2.44. The third kappa shape index (κ3) is 5.23. The molecule has 3 aliphatic heterocycles. The number of benzene rings is 2. The van der Waals surface area contributed by atoms with Crippen LogP contribution in [0.15, 0.2) is 43.0 Å². The molecule has 3 aliphatic rings. The highest BCUT2D eigenvalue weighted by Crippen LogP contribution is 2.43. The van der Waals surface area contributed by atoms with E-state index in [1.165, 1.54) is 17.0 Å². The van der Waals surface area contributed by atoms with Crippen molar-refractivity contribution in [1.29, 1.82) is 5.26 Å². The summed E-state index contributed by atoms with van der Waals surface area (Å²) < 4.78 is 51.5. The van der Waals surface area contributed by atoms with Gasteiger partial charge in [0.1, 0.15) is 41.7 Å². The van der Waals surface area contributed by atoms with Gasteiger partial charge >= 0.3 is 6.01 Å². The number of likely N-dealkylation sites (tertiary alicyclic amines) is 1. The summed E-state index contributed by atoms with van der Waals surface area (Å²) in [7, 11) is 0. The maximum atomic E-state index is 15.6. The number of anilines is 2. The van der Waals surface area contributed by atoms with Crippen LogP contribution in [0.5, 0.6) is 6.01 Å². The first kappa shape index (κ1) is 31.2. The van der Waals surface area contributed by atoms with Gasteiger partial charge in [0.2, 0.25) is 5.91 Å². The van der Waals surface area contributed by atoms with Crippen LogP contribution in [-0.2, 0) is 4.79 Å². The largest absolute Gasteiger partial charge is 0.461 e. The van der Waals surface area contributed by atoms with E-state index in [0.717, 1.165) is 30.7 Å². The van der Waals surface area contributed by atoms with E-state index in [2.05, 4.69) is 17.5 Å². The average Bonchev–Trinajstić information content (AvgIpc) is 3.81. The summed E-state index contributed by atoms with van der Waals surface area (Å²) in [4.78, 5) is 27.4. The summed E-state index contributed by atoms with van der Waals surface area (Å²) in [5.41, 5.74) is 7.64. The summed E-state index contributed by atoms with van der Waals surface area (Å²) in [5, 5.41) is 11.1. The van der Waals surface area contributed by atoms with Gasteiger partial charge in [0, 0.05) is 36.8 Å². The van der Waals surface area contributed by atoms with E-state index in [1.54, 1.807) is 6.07 Å². The van der Waals surface area contributed by atoms with Crippen LogP contribution < -0.4 is 15.4 Å². The molecule has 0 radical (unpaired) electrons. The van der Waals surface area contributed by atoms with Crippen molar-refractivity contribution in [3.05, 3.63) is 54.4 Å². The Labute approximate surface area is 274 Å². The molecule has 2 N–H and O–H groups in total. The number of ether oxygens (including phenoxy) is 1. The Hall–Kier alpha value is -4.41. The molecule has 1 amide bonds. The van der Waals surface area contributed by atoms with Crippen LogP contribution in [0.25, 0.3) is 32.1 Å². The van der Waals surface area contributed by atoms with Crippen molar-refractivity contribution in [2.75, 3.05) is 50.0 Å². The molecule has 7 rings (SSSR count). The monoisotopic (exact) mass is 661 g/mol. The zero-order valence-electron chi connectivity index (χ0n) is 25.9. The molecule has 5 heterocycles. The van der Waals surface area contributed by atoms with Crippen molar-refractivity contribution in [3.63, 3.8) is 0 Å². The van der Waals surface area contributed by atoms with E-state index in [1.807, 2.05) is 30.0 Å². The molecule has 0 spiro atoms. The predicted octanol–water partition coefficient (Wildman–Crippen LogP) is 5.62. The molecule has 0 bridgehead atoms. The smallest absolute Gasteiger partial charge is 0.319 e. The van der Waals surface area contributed by atoms with Crippen molar-refractivity contribution in [2.24, 2.45) is 0 Å². The topological polar surface area (TPSA) is 112 Å². The Morgan fingerprint density at radius 3 is 2.87 bits per heavy atom. The minimum Gasteiger partial charge on any atom is -0.461 e. The van der Waals surface area contributed by atoms with Crippen LogP contribution >= 0.6 is 11.3 Å². The number of nitrogens with zero attached hydrogens (tertiary/aromatic N) is 6. The Morgan fingerprint density at radius 2 is 2.11 bits per heavy atom. The number of halogens is 3. The molecule has 4 atom stereocenters. The van der Waals surface area contributed by atoms with Crippen LogP contribution in [0.1, 0.15) is 31.7 Å². The standard InChI is InChI=1S/C34H34F3N7O2S/c1-3-28(45)42-16-25(37)27(17-42)44(4-2)32-22-7-6-19(21-8-9-24(36)30-29(21)23(14-38)31(39)47-30)12-26(22)40-33(41-32)46-18-34-10-5-11-43(34)15-20(35)13-34/h3,6-9,12,20,25,27H,1,4-5,10-11,13,15-18,39H2,2H3. The highest BCUT2D eigenvalue weighted by molar-refractivity contribution is 7.23. The highest BCUT2D eigenvalue weighted by Gasteiger charge is 2.49. The number of amides is 1. The minimum absolute atomic E-state index is 0.0587. The molecule has 2 aromatic heterocycles. The number of nitriles is 1. The highest BCUT2D eigenvalue weighted by atomic mass is 32.1. The van der Waals surface area contributed by atoms with Gasteiger partial charge in [-0.05, 0) is 61.7 Å². The lowest BCUT2D eigenvalue weighted by atomic mass is 9.95. The van der Waals surface area contributed by atoms with Gasteiger partial charge in [-0.1, -0.05) is 18.7 Å². The zero-order chi connectivity index (χ0) is 33.0. The minimum atomic E-state index is -1.33. The second-order valence-corrected chi connectivity index (χ2v) is 13.5. The lowest BCUT2D eigenvalue weighted by Gasteiger charge is -2.32. The first-order valence-electron chi connectivity index (χ1n) is 15.7. The summed E-state index contributed by atoms with van der Waals surface area (Å²) in [6, 6.07) is 9.93. The van der Waals surface area contributed by atoms with Crippen molar-refractivity contribution >= 4 is 49.1 Å². The van der Waals surface area contributed by atoms with Crippen molar-refractivity contribution in [1.82, 2.24) is 19.8 Å². The van der Waals surface area contributed by atoms with E-state index >= 15 is 4.39 Å². The van der Waals surface area contributed by atoms with Crippen LogP contribution in [0.3, 0.4) is 0 Å². The van der Waals surface area contributed by atoms with E-state index in [0.29, 0.717) is 52.7 Å². The van der Waals surface area contributed by atoms with E-state index in [9.17, 15) is 18.8 Å². The molecule has 47 heavy (non-hydrogen) atoms. The first-order valence-corrected chi connectivity index (χ1v) is 16.5. The number of fused-ring (bicyclic) bond motifs is 3. The zero-order valence-corrected chi connectivity index (χ0v) is 26.7. The number of aromatic nitrogens is 2. The lowest BCUT2D eigenvalue weighted by molar-refractivity contribution is -0.125. The van der Waals surface area contributed by atoms with Gasteiger partial charge < -0.3 is 20.3 Å². The van der Waals surface area contributed by atoms with Crippen molar-refractivity contribution in [2.45, 2.75) is 50.1 Å². The van der Waals surface area contributed by atoms with Gasteiger partial charge in [-0.3, -0.25) is 9.69 Å². The Morgan fingerprint density at radius 1 is 1.28 bits per heavy atom. The van der Waals surface area contributed by atoms with E-state index in [-0.39, 0.29) is 46.9 Å². The number of carbonyl (C=O) groups is 1. The Bertz CT molecular complexity index is 1950. The number of thiophene rings is 1. The second kappa shape index (κ2) is 12.0.